The van der Waals surface area contributed by atoms with Gasteiger partial charge in [-0.1, -0.05) is 24.3 Å². The first kappa shape index (κ1) is 11.2. The maximum Gasteiger partial charge on any atom is 0.339 e. The van der Waals surface area contributed by atoms with Gasteiger partial charge in [-0.15, -0.1) is 0 Å². The predicted octanol–water partition coefficient (Wildman–Crippen LogP) is 3.15. The second-order valence-electron chi connectivity index (χ2n) is 3.30. The summed E-state index contributed by atoms with van der Waals surface area (Å²) in [6.45, 7) is 0. The number of rotatable bonds is 2. The van der Waals surface area contributed by atoms with Crippen LogP contribution in [-0.2, 0) is 0 Å². The molecule has 0 saturated heterocycles. The largest absolute Gasteiger partial charge is 0.495 e. The van der Waals surface area contributed by atoms with Crippen molar-refractivity contribution >= 4 is 39.3 Å². The number of hydrogen-bond donors (Lipinski definition) is 1. The summed E-state index contributed by atoms with van der Waals surface area (Å²) in [5, 5.41) is 11.0. The van der Waals surface area contributed by atoms with Crippen LogP contribution in [0.5, 0.6) is 5.75 Å². The van der Waals surface area contributed by atoms with Gasteiger partial charge in [0.25, 0.3) is 0 Å². The van der Waals surface area contributed by atoms with Crippen molar-refractivity contribution in [1.29, 1.82) is 0 Å². The minimum absolute atomic E-state index is 0.200. The Hall–Kier alpha value is -1.30. The van der Waals surface area contributed by atoms with E-state index in [2.05, 4.69) is 22.6 Å². The number of halogens is 1. The first-order chi connectivity index (χ1) is 7.65. The Morgan fingerprint density at radius 2 is 2.06 bits per heavy atom. The number of benzene rings is 2. The molecule has 2 aromatic carbocycles. The zero-order valence-corrected chi connectivity index (χ0v) is 10.7. The topological polar surface area (TPSA) is 46.5 Å². The van der Waals surface area contributed by atoms with Gasteiger partial charge in [-0.2, -0.15) is 0 Å². The van der Waals surface area contributed by atoms with Crippen LogP contribution < -0.4 is 4.74 Å². The molecule has 0 aliphatic rings. The summed E-state index contributed by atoms with van der Waals surface area (Å²) in [6, 6.07) is 9.29. The van der Waals surface area contributed by atoms with Crippen molar-refractivity contribution in [2.45, 2.75) is 0 Å². The molecule has 0 fully saturated rings. The standard InChI is InChI=1S/C12H9IO3/c1-16-11-9(12(14)15)6-7-4-2-3-5-8(7)10(11)13/h2-6H,1H3,(H,14,15). The number of carbonyl (C=O) groups is 1. The molecule has 16 heavy (non-hydrogen) atoms. The molecule has 0 heterocycles. The van der Waals surface area contributed by atoms with E-state index in [4.69, 9.17) is 9.84 Å². The first-order valence-corrected chi connectivity index (χ1v) is 5.71. The SMILES string of the molecule is COc1c(C(=O)O)cc2ccccc2c1I. The molecular weight excluding hydrogens is 319 g/mol. The Balaban J connectivity index is 2.87. The van der Waals surface area contributed by atoms with Gasteiger partial charge in [0.1, 0.15) is 11.3 Å². The second-order valence-corrected chi connectivity index (χ2v) is 4.38. The normalized spacial score (nSPS) is 10.4. The highest BCUT2D eigenvalue weighted by atomic mass is 127. The molecule has 0 aromatic heterocycles. The van der Waals surface area contributed by atoms with Crippen molar-refractivity contribution in [3.8, 4) is 5.75 Å². The number of methoxy groups -OCH3 is 1. The average Bonchev–Trinajstić information content (AvgIpc) is 2.29. The molecule has 0 bridgehead atoms. The summed E-state index contributed by atoms with van der Waals surface area (Å²) in [6.07, 6.45) is 0. The minimum atomic E-state index is -0.972. The highest BCUT2D eigenvalue weighted by molar-refractivity contribution is 14.1. The molecule has 2 rings (SSSR count). The third-order valence-electron chi connectivity index (χ3n) is 2.38. The molecule has 0 aliphatic carbocycles. The molecule has 3 nitrogen and oxygen atoms in total. The smallest absolute Gasteiger partial charge is 0.339 e. The van der Waals surface area contributed by atoms with Crippen molar-refractivity contribution in [2.75, 3.05) is 7.11 Å². The molecule has 1 N–H and O–H groups in total. The quantitative estimate of drug-likeness (QED) is 0.862. The fourth-order valence-electron chi connectivity index (χ4n) is 1.64. The summed E-state index contributed by atoms with van der Waals surface area (Å²) in [7, 11) is 1.48. The van der Waals surface area contributed by atoms with E-state index in [1.807, 2.05) is 24.3 Å². The van der Waals surface area contributed by atoms with Gasteiger partial charge in [0.05, 0.1) is 10.7 Å². The lowest BCUT2D eigenvalue weighted by molar-refractivity contribution is 0.0693. The maximum absolute atomic E-state index is 11.1. The molecule has 2 aromatic rings. The van der Waals surface area contributed by atoms with Crippen molar-refractivity contribution in [2.24, 2.45) is 0 Å². The van der Waals surface area contributed by atoms with Gasteiger partial charge in [-0.3, -0.25) is 0 Å². The van der Waals surface area contributed by atoms with Crippen LogP contribution in [0.3, 0.4) is 0 Å². The number of carboxylic acid groups (broad SMARTS) is 1. The highest BCUT2D eigenvalue weighted by Gasteiger charge is 2.16. The van der Waals surface area contributed by atoms with E-state index in [0.29, 0.717) is 5.75 Å². The third-order valence-corrected chi connectivity index (χ3v) is 3.45. The fourth-order valence-corrected chi connectivity index (χ4v) is 2.64. The van der Waals surface area contributed by atoms with Gasteiger partial charge in [-0.25, -0.2) is 4.79 Å². The Bertz CT molecular complexity index is 563. The van der Waals surface area contributed by atoms with E-state index >= 15 is 0 Å². The van der Waals surface area contributed by atoms with Gasteiger partial charge in [-0.05, 0) is 39.4 Å². The minimum Gasteiger partial charge on any atom is -0.495 e. The Labute approximate surface area is 106 Å². The lowest BCUT2D eigenvalue weighted by atomic mass is 10.1. The monoisotopic (exact) mass is 328 g/mol. The van der Waals surface area contributed by atoms with E-state index in [1.54, 1.807) is 6.07 Å². The van der Waals surface area contributed by atoms with E-state index < -0.39 is 5.97 Å². The van der Waals surface area contributed by atoms with Crippen LogP contribution in [-0.4, -0.2) is 18.2 Å². The number of ether oxygens (including phenoxy) is 1. The number of hydrogen-bond acceptors (Lipinski definition) is 2. The van der Waals surface area contributed by atoms with Crippen molar-refractivity contribution in [1.82, 2.24) is 0 Å². The van der Waals surface area contributed by atoms with Crippen LogP contribution in [0, 0.1) is 3.57 Å². The fraction of sp³-hybridized carbons (Fsp3) is 0.0833. The molecule has 0 atom stereocenters. The highest BCUT2D eigenvalue weighted by Crippen LogP contribution is 2.33. The van der Waals surface area contributed by atoms with Crippen LogP contribution >= 0.6 is 22.6 Å². The molecule has 0 aliphatic heterocycles. The summed E-state index contributed by atoms with van der Waals surface area (Å²) in [4.78, 5) is 11.1. The Morgan fingerprint density at radius 1 is 1.38 bits per heavy atom. The van der Waals surface area contributed by atoms with Gasteiger partial charge >= 0.3 is 5.97 Å². The third kappa shape index (κ3) is 1.73. The van der Waals surface area contributed by atoms with Crippen LogP contribution in [0.2, 0.25) is 0 Å². The maximum atomic E-state index is 11.1. The second kappa shape index (κ2) is 4.29. The summed E-state index contributed by atoms with van der Waals surface area (Å²) < 4.78 is 5.99. The van der Waals surface area contributed by atoms with Gasteiger partial charge < -0.3 is 9.84 Å². The Morgan fingerprint density at radius 3 is 2.69 bits per heavy atom. The van der Waals surface area contributed by atoms with Crippen LogP contribution in [0.25, 0.3) is 10.8 Å². The molecular formula is C12H9IO3. The lowest BCUT2D eigenvalue weighted by Gasteiger charge is -2.10. The van der Waals surface area contributed by atoms with E-state index in [1.165, 1.54) is 7.11 Å². The molecule has 4 heteroatoms. The van der Waals surface area contributed by atoms with Crippen molar-refractivity contribution < 1.29 is 14.6 Å². The number of fused-ring (bicyclic) bond motifs is 1. The number of carboxylic acids is 1. The van der Waals surface area contributed by atoms with E-state index in [9.17, 15) is 4.79 Å². The predicted molar refractivity (Wildman–Crippen MR) is 70.2 cm³/mol. The van der Waals surface area contributed by atoms with Crippen molar-refractivity contribution in [3.05, 3.63) is 39.5 Å². The van der Waals surface area contributed by atoms with Gasteiger partial charge in [0.2, 0.25) is 0 Å². The zero-order valence-electron chi connectivity index (χ0n) is 8.53. The summed E-state index contributed by atoms with van der Waals surface area (Å²) >= 11 is 2.11. The lowest BCUT2D eigenvalue weighted by Crippen LogP contribution is -2.02. The van der Waals surface area contributed by atoms with Crippen LogP contribution in [0.4, 0.5) is 0 Å². The van der Waals surface area contributed by atoms with Crippen molar-refractivity contribution in [3.63, 3.8) is 0 Å². The van der Waals surface area contributed by atoms with Crippen LogP contribution in [0.15, 0.2) is 30.3 Å². The van der Waals surface area contributed by atoms with Gasteiger partial charge in [0.15, 0.2) is 0 Å². The Kier molecular flexibility index (Phi) is 3.00. The molecule has 0 radical (unpaired) electrons. The van der Waals surface area contributed by atoms with E-state index in [0.717, 1.165) is 14.3 Å². The molecule has 82 valence electrons. The summed E-state index contributed by atoms with van der Waals surface area (Å²) in [5.41, 5.74) is 0.200. The van der Waals surface area contributed by atoms with Gasteiger partial charge in [0, 0.05) is 0 Å². The molecule has 0 amide bonds. The first-order valence-electron chi connectivity index (χ1n) is 4.63. The zero-order chi connectivity index (χ0) is 11.7. The molecule has 0 spiro atoms. The number of aromatic carboxylic acids is 1. The van der Waals surface area contributed by atoms with E-state index in [-0.39, 0.29) is 5.56 Å². The van der Waals surface area contributed by atoms with Crippen LogP contribution in [0.1, 0.15) is 10.4 Å². The summed E-state index contributed by atoms with van der Waals surface area (Å²) in [5.74, 6) is -0.549. The molecule has 0 unspecified atom stereocenters. The average molecular weight is 328 g/mol. The molecule has 0 saturated carbocycles.